The van der Waals surface area contributed by atoms with Gasteiger partial charge in [0.15, 0.2) is 10.8 Å². The van der Waals surface area contributed by atoms with E-state index in [4.69, 9.17) is 0 Å². The van der Waals surface area contributed by atoms with Gasteiger partial charge in [0.2, 0.25) is 0 Å². The molecule has 2 aromatic rings. The molecule has 1 heterocycles. The number of rotatable bonds is 3. The molecule has 2 rings (SSSR count). The molecule has 0 unspecified atom stereocenters. The molecule has 0 bridgehead atoms. The Kier molecular flexibility index (Phi) is 3.89. The Balaban J connectivity index is 2.16. The number of nitrogens with one attached hydrogen (secondary N) is 1. The van der Waals surface area contributed by atoms with Gasteiger partial charge in [-0.3, -0.25) is 20.2 Å². The number of amides is 1. The first kappa shape index (κ1) is 14.9. The second-order valence-electron chi connectivity index (χ2n) is 3.80. The van der Waals surface area contributed by atoms with Gasteiger partial charge >= 0.3 is 6.18 Å². The van der Waals surface area contributed by atoms with Crippen molar-refractivity contribution in [3.63, 3.8) is 0 Å². The van der Waals surface area contributed by atoms with Crippen molar-refractivity contribution < 1.29 is 22.9 Å². The van der Waals surface area contributed by atoms with E-state index >= 15 is 0 Å². The Hall–Kier alpha value is -2.49. The predicted molar refractivity (Wildman–Crippen MR) is 68.2 cm³/mol. The third kappa shape index (κ3) is 3.54. The number of hydrogen-bond donors (Lipinski definition) is 1. The summed E-state index contributed by atoms with van der Waals surface area (Å²) in [6.45, 7) is 0. The van der Waals surface area contributed by atoms with Crippen LogP contribution in [0.4, 0.5) is 24.0 Å². The van der Waals surface area contributed by atoms with Crippen LogP contribution >= 0.6 is 11.3 Å². The average Bonchev–Trinajstić information content (AvgIpc) is 2.87. The first-order chi connectivity index (χ1) is 9.77. The maximum absolute atomic E-state index is 12.4. The fourth-order valence-corrected chi connectivity index (χ4v) is 2.10. The molecule has 0 radical (unpaired) electrons. The van der Waals surface area contributed by atoms with Gasteiger partial charge in [0.1, 0.15) is 0 Å². The largest absolute Gasteiger partial charge is 0.434 e. The first-order valence-electron chi connectivity index (χ1n) is 5.36. The van der Waals surface area contributed by atoms with Crippen LogP contribution in [0.5, 0.6) is 0 Å². The Morgan fingerprint density at radius 2 is 2.10 bits per heavy atom. The number of nitro benzene ring substituents is 1. The summed E-state index contributed by atoms with van der Waals surface area (Å²) in [6, 6.07) is 4.83. The molecule has 0 fully saturated rings. The number of non-ortho nitro benzene ring substituents is 1. The quantitative estimate of drug-likeness (QED) is 0.695. The minimum atomic E-state index is -4.59. The van der Waals surface area contributed by atoms with Crippen LogP contribution in [-0.2, 0) is 6.18 Å². The summed E-state index contributed by atoms with van der Waals surface area (Å²) in [5.41, 5.74) is -1.45. The summed E-state index contributed by atoms with van der Waals surface area (Å²) in [7, 11) is 0. The van der Waals surface area contributed by atoms with Crippen molar-refractivity contribution in [2.24, 2.45) is 0 Å². The summed E-state index contributed by atoms with van der Waals surface area (Å²) in [6.07, 6.45) is -4.59. The van der Waals surface area contributed by atoms with E-state index in [1.54, 1.807) is 0 Å². The Morgan fingerprint density at radius 3 is 2.67 bits per heavy atom. The summed E-state index contributed by atoms with van der Waals surface area (Å²) in [5.74, 6) is -0.776. The number of benzene rings is 1. The van der Waals surface area contributed by atoms with Crippen molar-refractivity contribution in [3.05, 3.63) is 51.0 Å². The van der Waals surface area contributed by atoms with Crippen LogP contribution in [0, 0.1) is 10.1 Å². The smallest absolute Gasteiger partial charge is 0.298 e. The zero-order chi connectivity index (χ0) is 15.6. The minimum Gasteiger partial charge on any atom is -0.298 e. The number of carbonyl (C=O) groups is 1. The van der Waals surface area contributed by atoms with Gasteiger partial charge in [-0.1, -0.05) is 6.07 Å². The van der Waals surface area contributed by atoms with E-state index in [1.807, 2.05) is 0 Å². The van der Waals surface area contributed by atoms with Crippen LogP contribution < -0.4 is 5.32 Å². The van der Waals surface area contributed by atoms with E-state index in [0.29, 0.717) is 11.3 Å². The van der Waals surface area contributed by atoms with Crippen LogP contribution in [0.2, 0.25) is 0 Å². The molecule has 1 amide bonds. The molecule has 0 atom stereocenters. The van der Waals surface area contributed by atoms with Gasteiger partial charge in [-0.25, -0.2) is 4.98 Å². The van der Waals surface area contributed by atoms with Gasteiger partial charge in [-0.2, -0.15) is 13.2 Å². The molecule has 110 valence electrons. The van der Waals surface area contributed by atoms with Crippen molar-refractivity contribution >= 4 is 28.1 Å². The summed E-state index contributed by atoms with van der Waals surface area (Å²) < 4.78 is 37.1. The summed E-state index contributed by atoms with van der Waals surface area (Å²) >= 11 is 0.613. The number of hydrogen-bond acceptors (Lipinski definition) is 5. The van der Waals surface area contributed by atoms with Gasteiger partial charge in [-0.15, -0.1) is 11.3 Å². The Morgan fingerprint density at radius 1 is 1.38 bits per heavy atom. The van der Waals surface area contributed by atoms with E-state index in [-0.39, 0.29) is 16.4 Å². The zero-order valence-electron chi connectivity index (χ0n) is 10.0. The maximum Gasteiger partial charge on any atom is 0.434 e. The number of carbonyl (C=O) groups excluding carboxylic acids is 1. The molecule has 0 aliphatic carbocycles. The normalized spacial score (nSPS) is 11.2. The van der Waals surface area contributed by atoms with Crippen LogP contribution in [0.1, 0.15) is 16.1 Å². The lowest BCUT2D eigenvalue weighted by Gasteiger charge is -2.02. The number of thiazole rings is 1. The molecule has 0 saturated heterocycles. The van der Waals surface area contributed by atoms with E-state index < -0.39 is 22.7 Å². The standard InChI is InChI=1S/C11H6F3N3O3S/c12-11(13,14)8-5-21-10(15-8)16-9(18)6-2-1-3-7(4-6)17(19)20/h1-5H,(H,15,16,18). The number of nitro groups is 1. The molecule has 1 aromatic carbocycles. The SMILES string of the molecule is O=C(Nc1nc(C(F)(F)F)cs1)c1cccc([N+](=O)[O-])c1. The van der Waals surface area contributed by atoms with E-state index in [1.165, 1.54) is 18.2 Å². The van der Waals surface area contributed by atoms with Crippen LogP contribution in [-0.4, -0.2) is 15.8 Å². The molecular formula is C11H6F3N3O3S. The minimum absolute atomic E-state index is 0.0482. The highest BCUT2D eigenvalue weighted by Gasteiger charge is 2.33. The molecule has 6 nitrogen and oxygen atoms in total. The molecule has 1 N–H and O–H groups in total. The highest BCUT2D eigenvalue weighted by Crippen LogP contribution is 2.31. The molecule has 0 saturated carbocycles. The van der Waals surface area contributed by atoms with Crippen molar-refractivity contribution in [2.45, 2.75) is 6.18 Å². The zero-order valence-corrected chi connectivity index (χ0v) is 10.9. The highest BCUT2D eigenvalue weighted by molar-refractivity contribution is 7.14. The third-order valence-electron chi connectivity index (χ3n) is 2.33. The van der Waals surface area contributed by atoms with Gasteiger partial charge in [0.25, 0.3) is 11.6 Å². The lowest BCUT2D eigenvalue weighted by molar-refractivity contribution is -0.384. The van der Waals surface area contributed by atoms with Crippen LogP contribution in [0.25, 0.3) is 0 Å². The Bertz CT molecular complexity index is 699. The van der Waals surface area contributed by atoms with Crippen LogP contribution in [0.15, 0.2) is 29.6 Å². The number of aromatic nitrogens is 1. The van der Waals surface area contributed by atoms with Gasteiger partial charge in [0, 0.05) is 23.1 Å². The second kappa shape index (κ2) is 5.48. The van der Waals surface area contributed by atoms with Gasteiger partial charge in [0.05, 0.1) is 4.92 Å². The van der Waals surface area contributed by atoms with Gasteiger partial charge < -0.3 is 0 Å². The van der Waals surface area contributed by atoms with Crippen molar-refractivity contribution in [3.8, 4) is 0 Å². The number of anilines is 1. The molecule has 0 aliphatic heterocycles. The van der Waals surface area contributed by atoms with E-state index in [9.17, 15) is 28.1 Å². The Labute approximate surface area is 119 Å². The van der Waals surface area contributed by atoms with Crippen molar-refractivity contribution in [1.29, 1.82) is 0 Å². The lowest BCUT2D eigenvalue weighted by Crippen LogP contribution is -2.12. The summed E-state index contributed by atoms with van der Waals surface area (Å²) in [4.78, 5) is 24.9. The molecular weight excluding hydrogens is 311 g/mol. The third-order valence-corrected chi connectivity index (χ3v) is 3.09. The van der Waals surface area contributed by atoms with E-state index in [2.05, 4.69) is 10.3 Å². The molecule has 1 aromatic heterocycles. The molecule has 0 spiro atoms. The predicted octanol–water partition coefficient (Wildman–Crippen LogP) is 3.32. The molecule has 21 heavy (non-hydrogen) atoms. The van der Waals surface area contributed by atoms with Crippen molar-refractivity contribution in [2.75, 3.05) is 5.32 Å². The van der Waals surface area contributed by atoms with Crippen molar-refractivity contribution in [1.82, 2.24) is 4.98 Å². The fraction of sp³-hybridized carbons (Fsp3) is 0.0909. The number of alkyl halides is 3. The second-order valence-corrected chi connectivity index (χ2v) is 4.66. The van der Waals surface area contributed by atoms with E-state index in [0.717, 1.165) is 11.4 Å². The number of nitrogens with zero attached hydrogens (tertiary/aromatic N) is 2. The highest BCUT2D eigenvalue weighted by atomic mass is 32.1. The first-order valence-corrected chi connectivity index (χ1v) is 6.24. The van der Waals surface area contributed by atoms with Gasteiger partial charge in [-0.05, 0) is 6.07 Å². The molecule has 0 aliphatic rings. The lowest BCUT2D eigenvalue weighted by atomic mass is 10.2. The fourth-order valence-electron chi connectivity index (χ4n) is 1.39. The summed E-state index contributed by atoms with van der Waals surface area (Å²) in [5, 5.41) is 13.3. The topological polar surface area (TPSA) is 85.1 Å². The van der Waals surface area contributed by atoms with Crippen LogP contribution in [0.3, 0.4) is 0 Å². The average molecular weight is 317 g/mol. The monoisotopic (exact) mass is 317 g/mol. The maximum atomic E-state index is 12.4. The molecule has 10 heteroatoms. The number of halogens is 3.